The Morgan fingerprint density at radius 2 is 2.00 bits per heavy atom. The van der Waals surface area contributed by atoms with Gasteiger partial charge >= 0.3 is 0 Å². The van der Waals surface area contributed by atoms with Crippen LogP contribution in [0.4, 0.5) is 0 Å². The lowest BCUT2D eigenvalue weighted by Crippen LogP contribution is -2.33. The van der Waals surface area contributed by atoms with Crippen LogP contribution in [0.3, 0.4) is 0 Å². The Morgan fingerprint density at radius 1 is 1.33 bits per heavy atom. The number of nitrogens with one attached hydrogen (secondary N) is 1. The third kappa shape index (κ3) is 3.12. The highest BCUT2D eigenvalue weighted by atomic mass is 32.2. The SMILES string of the molecule is CC(C)=C[C@@H]1[C@@H](C(=O)NS(=O)(=O)c2cnccn2)C1(C)C. The molecule has 21 heavy (non-hydrogen) atoms. The maximum Gasteiger partial charge on any atom is 0.283 e. The molecule has 0 spiro atoms. The number of allylic oxidation sites excluding steroid dienone is 2. The van der Waals surface area contributed by atoms with E-state index in [1.165, 1.54) is 12.4 Å². The average molecular weight is 309 g/mol. The van der Waals surface area contributed by atoms with Gasteiger partial charge in [0.25, 0.3) is 10.0 Å². The van der Waals surface area contributed by atoms with Gasteiger partial charge in [-0.05, 0) is 25.2 Å². The Bertz CT molecular complexity index is 677. The number of nitrogens with zero attached hydrogens (tertiary/aromatic N) is 2. The lowest BCUT2D eigenvalue weighted by atomic mass is 10.1. The summed E-state index contributed by atoms with van der Waals surface area (Å²) in [5.41, 5.74) is 0.874. The van der Waals surface area contributed by atoms with Gasteiger partial charge in [-0.1, -0.05) is 25.5 Å². The maximum atomic E-state index is 12.2. The topological polar surface area (TPSA) is 89.0 Å². The van der Waals surface area contributed by atoms with E-state index in [9.17, 15) is 13.2 Å². The molecule has 6 nitrogen and oxygen atoms in total. The highest BCUT2D eigenvalue weighted by Crippen LogP contribution is 2.59. The summed E-state index contributed by atoms with van der Waals surface area (Å²) in [6.07, 6.45) is 5.77. The van der Waals surface area contributed by atoms with E-state index < -0.39 is 15.9 Å². The van der Waals surface area contributed by atoms with E-state index in [0.717, 1.165) is 11.8 Å². The third-order valence-corrected chi connectivity index (χ3v) is 4.99. The molecule has 1 saturated carbocycles. The lowest BCUT2D eigenvalue weighted by molar-refractivity contribution is -0.121. The molecule has 2 atom stereocenters. The van der Waals surface area contributed by atoms with Crippen molar-refractivity contribution in [3.63, 3.8) is 0 Å². The minimum Gasteiger partial charge on any atom is -0.274 e. The molecular formula is C14H19N3O3S. The molecule has 0 radical (unpaired) electrons. The van der Waals surface area contributed by atoms with Crippen LogP contribution < -0.4 is 4.72 Å². The van der Waals surface area contributed by atoms with Gasteiger partial charge in [-0.2, -0.15) is 8.42 Å². The van der Waals surface area contributed by atoms with Gasteiger partial charge in [0.05, 0.1) is 12.1 Å². The number of hydrogen-bond acceptors (Lipinski definition) is 5. The zero-order chi connectivity index (χ0) is 15.8. The Morgan fingerprint density at radius 3 is 2.52 bits per heavy atom. The second-order valence-electron chi connectivity index (χ2n) is 6.08. The molecule has 0 unspecified atom stereocenters. The molecule has 1 aromatic heterocycles. The monoisotopic (exact) mass is 309 g/mol. The van der Waals surface area contributed by atoms with Gasteiger partial charge in [0, 0.05) is 12.4 Å². The van der Waals surface area contributed by atoms with E-state index >= 15 is 0 Å². The fraction of sp³-hybridized carbons (Fsp3) is 0.500. The second kappa shape index (κ2) is 5.22. The third-order valence-electron chi connectivity index (χ3n) is 3.76. The van der Waals surface area contributed by atoms with Crippen LogP contribution in [0.5, 0.6) is 0 Å². The number of sulfonamides is 1. The Labute approximate surface area is 124 Å². The molecule has 1 fully saturated rings. The zero-order valence-electron chi connectivity index (χ0n) is 12.5. The Kier molecular flexibility index (Phi) is 3.88. The van der Waals surface area contributed by atoms with Crippen LogP contribution in [-0.4, -0.2) is 24.3 Å². The average Bonchev–Trinajstić information content (AvgIpc) is 2.90. The molecule has 114 valence electrons. The number of carbonyl (C=O) groups is 1. The fourth-order valence-corrected chi connectivity index (χ4v) is 3.42. The summed E-state index contributed by atoms with van der Waals surface area (Å²) in [7, 11) is -3.96. The smallest absolute Gasteiger partial charge is 0.274 e. The highest BCUT2D eigenvalue weighted by molar-refractivity contribution is 7.90. The van der Waals surface area contributed by atoms with Crippen LogP contribution in [0.15, 0.2) is 35.3 Å². The summed E-state index contributed by atoms with van der Waals surface area (Å²) < 4.78 is 26.2. The van der Waals surface area contributed by atoms with Crippen molar-refractivity contribution in [2.24, 2.45) is 17.3 Å². The van der Waals surface area contributed by atoms with Crippen molar-refractivity contribution >= 4 is 15.9 Å². The molecule has 1 aliphatic carbocycles. The van der Waals surface area contributed by atoms with Crippen LogP contribution >= 0.6 is 0 Å². The van der Waals surface area contributed by atoms with E-state index in [-0.39, 0.29) is 22.3 Å². The Hall–Kier alpha value is -1.76. The highest BCUT2D eigenvalue weighted by Gasteiger charge is 2.60. The molecule has 1 aromatic rings. The first-order valence-corrected chi connectivity index (χ1v) is 8.12. The number of rotatable bonds is 4. The molecule has 1 heterocycles. The van der Waals surface area contributed by atoms with Crippen molar-refractivity contribution in [3.8, 4) is 0 Å². The van der Waals surface area contributed by atoms with Crippen molar-refractivity contribution in [3.05, 3.63) is 30.2 Å². The van der Waals surface area contributed by atoms with Gasteiger partial charge in [0.15, 0.2) is 5.03 Å². The minimum absolute atomic E-state index is 0.0551. The Balaban J connectivity index is 2.15. The molecule has 1 N–H and O–H groups in total. The largest absolute Gasteiger partial charge is 0.283 e. The number of carbonyl (C=O) groups excluding carboxylic acids is 1. The van der Waals surface area contributed by atoms with Gasteiger partial charge in [0.1, 0.15) is 0 Å². The summed E-state index contributed by atoms with van der Waals surface area (Å²) in [5, 5.41) is -0.254. The van der Waals surface area contributed by atoms with Crippen molar-refractivity contribution in [2.45, 2.75) is 32.7 Å². The predicted molar refractivity (Wildman–Crippen MR) is 77.6 cm³/mol. The van der Waals surface area contributed by atoms with Gasteiger partial charge < -0.3 is 0 Å². The zero-order valence-corrected chi connectivity index (χ0v) is 13.3. The molecule has 0 bridgehead atoms. The summed E-state index contributed by atoms with van der Waals surface area (Å²) >= 11 is 0. The van der Waals surface area contributed by atoms with E-state index in [1.54, 1.807) is 0 Å². The van der Waals surface area contributed by atoms with Crippen LogP contribution in [-0.2, 0) is 14.8 Å². The van der Waals surface area contributed by atoms with Crippen LogP contribution in [0.2, 0.25) is 0 Å². The van der Waals surface area contributed by atoms with Crippen LogP contribution in [0, 0.1) is 17.3 Å². The molecule has 0 aromatic carbocycles. The molecule has 7 heteroatoms. The summed E-state index contributed by atoms with van der Waals surface area (Å²) in [6.45, 7) is 7.83. The van der Waals surface area contributed by atoms with Gasteiger partial charge in [0.2, 0.25) is 5.91 Å². The van der Waals surface area contributed by atoms with Crippen molar-refractivity contribution in [1.82, 2.24) is 14.7 Å². The normalized spacial score (nSPS) is 23.2. The van der Waals surface area contributed by atoms with E-state index in [0.29, 0.717) is 0 Å². The van der Waals surface area contributed by atoms with Crippen molar-refractivity contribution in [1.29, 1.82) is 0 Å². The molecular weight excluding hydrogens is 290 g/mol. The quantitative estimate of drug-likeness (QED) is 0.852. The summed E-state index contributed by atoms with van der Waals surface area (Å²) in [5.74, 6) is -0.786. The van der Waals surface area contributed by atoms with E-state index in [2.05, 4.69) is 14.7 Å². The van der Waals surface area contributed by atoms with Gasteiger partial charge in [-0.25, -0.2) is 9.71 Å². The van der Waals surface area contributed by atoms with Crippen molar-refractivity contribution < 1.29 is 13.2 Å². The lowest BCUT2D eigenvalue weighted by Gasteiger charge is -2.06. The number of aromatic nitrogens is 2. The molecule has 0 aliphatic heterocycles. The summed E-state index contributed by atoms with van der Waals surface area (Å²) in [6, 6.07) is 0. The van der Waals surface area contributed by atoms with E-state index in [4.69, 9.17) is 0 Å². The second-order valence-corrected chi connectivity index (χ2v) is 7.71. The van der Waals surface area contributed by atoms with Crippen LogP contribution in [0.25, 0.3) is 0 Å². The van der Waals surface area contributed by atoms with Gasteiger partial charge in [-0.3, -0.25) is 9.78 Å². The predicted octanol–water partition coefficient (Wildman–Crippen LogP) is 1.52. The van der Waals surface area contributed by atoms with E-state index in [1.807, 2.05) is 33.8 Å². The molecule has 1 aliphatic rings. The van der Waals surface area contributed by atoms with Gasteiger partial charge in [-0.15, -0.1) is 0 Å². The number of amides is 1. The molecule has 2 rings (SSSR count). The fourth-order valence-electron chi connectivity index (χ4n) is 2.52. The standard InChI is InChI=1S/C14H19N3O3S/c1-9(2)7-10-12(14(10,3)4)13(18)17-21(19,20)11-8-15-5-6-16-11/h5-8,10,12H,1-4H3,(H,17,18)/t10-,12+/m1/s1. The first-order chi connectivity index (χ1) is 9.66. The molecule has 0 saturated heterocycles. The van der Waals surface area contributed by atoms with Crippen molar-refractivity contribution in [2.75, 3.05) is 0 Å². The van der Waals surface area contributed by atoms with Crippen LogP contribution in [0.1, 0.15) is 27.7 Å². The first kappa shape index (κ1) is 15.6. The first-order valence-electron chi connectivity index (χ1n) is 6.64. The number of hydrogen-bond donors (Lipinski definition) is 1. The molecule has 1 amide bonds. The maximum absolute atomic E-state index is 12.2. The summed E-state index contributed by atoms with van der Waals surface area (Å²) in [4.78, 5) is 19.6. The minimum atomic E-state index is -3.96.